The molecule has 0 spiro atoms. The third-order valence-corrected chi connectivity index (χ3v) is 5.92. The Kier molecular flexibility index (Phi) is 4.74. The van der Waals surface area contributed by atoms with Crippen LogP contribution >= 0.6 is 15.9 Å². The van der Waals surface area contributed by atoms with Crippen LogP contribution in [0.4, 0.5) is 5.69 Å². The second-order valence-corrected chi connectivity index (χ2v) is 7.76. The van der Waals surface area contributed by atoms with E-state index in [1.807, 2.05) is 30.3 Å². The van der Waals surface area contributed by atoms with Crippen molar-refractivity contribution in [3.05, 3.63) is 58.1 Å². The van der Waals surface area contributed by atoms with Crippen molar-refractivity contribution in [1.82, 2.24) is 0 Å². The van der Waals surface area contributed by atoms with E-state index in [1.165, 1.54) is 9.87 Å². The minimum Gasteiger partial charge on any atom is -0.269 e. The summed E-state index contributed by atoms with van der Waals surface area (Å²) in [5.41, 5.74) is 2.57. The first kappa shape index (κ1) is 16.0. The second kappa shape index (κ2) is 6.20. The molecule has 2 rings (SSSR count). The lowest BCUT2D eigenvalue weighted by Gasteiger charge is -2.21. The van der Waals surface area contributed by atoms with E-state index >= 15 is 0 Å². The zero-order valence-electron chi connectivity index (χ0n) is 12.3. The van der Waals surface area contributed by atoms with Crippen molar-refractivity contribution in [2.24, 2.45) is 0 Å². The van der Waals surface area contributed by atoms with Gasteiger partial charge in [-0.05, 0) is 48.7 Å². The van der Waals surface area contributed by atoms with Gasteiger partial charge in [0.15, 0.2) is 0 Å². The van der Waals surface area contributed by atoms with Crippen molar-refractivity contribution < 1.29 is 8.42 Å². The van der Waals surface area contributed by atoms with Crippen LogP contribution in [0.5, 0.6) is 0 Å². The average Bonchev–Trinajstić information content (AvgIpc) is 2.49. The molecule has 0 aliphatic rings. The first-order valence-corrected chi connectivity index (χ1v) is 8.93. The van der Waals surface area contributed by atoms with Gasteiger partial charge < -0.3 is 0 Å². The number of hydrogen-bond acceptors (Lipinski definition) is 2. The van der Waals surface area contributed by atoms with E-state index in [4.69, 9.17) is 0 Å². The van der Waals surface area contributed by atoms with Crippen molar-refractivity contribution in [3.8, 4) is 0 Å². The molecule has 0 bridgehead atoms. The van der Waals surface area contributed by atoms with Gasteiger partial charge in [-0.2, -0.15) is 0 Å². The molecule has 112 valence electrons. The minimum absolute atomic E-state index is 0.318. The van der Waals surface area contributed by atoms with Crippen LogP contribution in [0.1, 0.15) is 18.1 Å². The molecule has 5 heteroatoms. The highest BCUT2D eigenvalue weighted by atomic mass is 79.9. The Hall–Kier alpha value is -1.33. The van der Waals surface area contributed by atoms with Crippen molar-refractivity contribution in [1.29, 1.82) is 0 Å². The molecule has 2 aromatic rings. The zero-order valence-corrected chi connectivity index (χ0v) is 14.7. The number of sulfonamides is 1. The highest BCUT2D eigenvalue weighted by Gasteiger charge is 2.23. The SMILES string of the molecule is CCc1ccc(N(C)S(=O)(=O)c2cc(Br)ccc2C)cc1. The molecule has 0 unspecified atom stereocenters. The second-order valence-electron chi connectivity index (χ2n) is 4.90. The summed E-state index contributed by atoms with van der Waals surface area (Å²) in [7, 11) is -1.98. The van der Waals surface area contributed by atoms with E-state index in [9.17, 15) is 8.42 Å². The van der Waals surface area contributed by atoms with Gasteiger partial charge in [0.2, 0.25) is 0 Å². The highest BCUT2D eigenvalue weighted by molar-refractivity contribution is 9.10. The summed E-state index contributed by atoms with van der Waals surface area (Å²) in [4.78, 5) is 0.318. The predicted molar refractivity (Wildman–Crippen MR) is 90.3 cm³/mol. The fourth-order valence-electron chi connectivity index (χ4n) is 2.08. The molecule has 2 aromatic carbocycles. The molecule has 0 aliphatic carbocycles. The summed E-state index contributed by atoms with van der Waals surface area (Å²) in [6.45, 7) is 3.87. The molecule has 3 nitrogen and oxygen atoms in total. The van der Waals surface area contributed by atoms with Crippen LogP contribution in [-0.4, -0.2) is 15.5 Å². The highest BCUT2D eigenvalue weighted by Crippen LogP contribution is 2.26. The molecule has 0 N–H and O–H groups in total. The maximum Gasteiger partial charge on any atom is 0.264 e. The van der Waals surface area contributed by atoms with Gasteiger partial charge in [0.1, 0.15) is 0 Å². The third kappa shape index (κ3) is 3.30. The van der Waals surface area contributed by atoms with Crippen LogP contribution in [0.2, 0.25) is 0 Å². The lowest BCUT2D eigenvalue weighted by Crippen LogP contribution is -2.27. The molecule has 0 amide bonds. The van der Waals surface area contributed by atoms with Crippen LogP contribution in [0, 0.1) is 6.92 Å². The number of benzene rings is 2. The summed E-state index contributed by atoms with van der Waals surface area (Å²) in [5.74, 6) is 0. The van der Waals surface area contributed by atoms with Crippen LogP contribution in [0.3, 0.4) is 0 Å². The van der Waals surface area contributed by atoms with Gasteiger partial charge in [-0.3, -0.25) is 4.31 Å². The number of anilines is 1. The molecule has 0 atom stereocenters. The molecular formula is C16H18BrNO2S. The van der Waals surface area contributed by atoms with Crippen LogP contribution in [0.15, 0.2) is 51.8 Å². The van der Waals surface area contributed by atoms with Crippen LogP contribution in [0.25, 0.3) is 0 Å². The monoisotopic (exact) mass is 367 g/mol. The molecule has 0 saturated carbocycles. The minimum atomic E-state index is -3.56. The Morgan fingerprint density at radius 1 is 1.10 bits per heavy atom. The van der Waals surface area contributed by atoms with Crippen molar-refractivity contribution in [3.63, 3.8) is 0 Å². The van der Waals surface area contributed by atoms with Gasteiger partial charge in [-0.15, -0.1) is 0 Å². The summed E-state index contributed by atoms with van der Waals surface area (Å²) in [6, 6.07) is 12.9. The Labute approximate surface area is 134 Å². The van der Waals surface area contributed by atoms with E-state index in [2.05, 4.69) is 22.9 Å². The summed E-state index contributed by atoms with van der Waals surface area (Å²) >= 11 is 3.33. The lowest BCUT2D eigenvalue weighted by atomic mass is 10.1. The third-order valence-electron chi connectivity index (χ3n) is 3.50. The van der Waals surface area contributed by atoms with Gasteiger partial charge in [-0.1, -0.05) is 41.1 Å². The Balaban J connectivity index is 2.44. The van der Waals surface area contributed by atoms with E-state index in [0.717, 1.165) is 16.5 Å². The molecule has 0 aromatic heterocycles. The van der Waals surface area contributed by atoms with Crippen molar-refractivity contribution in [2.75, 3.05) is 11.4 Å². The van der Waals surface area contributed by atoms with E-state index in [-0.39, 0.29) is 0 Å². The van der Waals surface area contributed by atoms with Gasteiger partial charge in [0, 0.05) is 11.5 Å². The number of halogens is 1. The fraction of sp³-hybridized carbons (Fsp3) is 0.250. The summed E-state index contributed by atoms with van der Waals surface area (Å²) in [5, 5.41) is 0. The lowest BCUT2D eigenvalue weighted by molar-refractivity contribution is 0.593. The van der Waals surface area contributed by atoms with Gasteiger partial charge in [-0.25, -0.2) is 8.42 Å². The zero-order chi connectivity index (χ0) is 15.6. The summed E-state index contributed by atoms with van der Waals surface area (Å²) in [6.07, 6.45) is 0.932. The maximum absolute atomic E-state index is 12.8. The average molecular weight is 368 g/mol. The molecule has 0 radical (unpaired) electrons. The predicted octanol–water partition coefficient (Wildman–Crippen LogP) is 4.15. The van der Waals surface area contributed by atoms with Crippen LogP contribution in [-0.2, 0) is 16.4 Å². The molecule has 21 heavy (non-hydrogen) atoms. The normalized spacial score (nSPS) is 11.4. The van der Waals surface area contributed by atoms with E-state index in [1.54, 1.807) is 26.1 Å². The first-order chi connectivity index (χ1) is 9.86. The van der Waals surface area contributed by atoms with E-state index < -0.39 is 10.0 Å². The molecular weight excluding hydrogens is 350 g/mol. The van der Waals surface area contributed by atoms with Crippen molar-refractivity contribution >= 4 is 31.6 Å². The van der Waals surface area contributed by atoms with E-state index in [0.29, 0.717) is 10.6 Å². The van der Waals surface area contributed by atoms with Gasteiger partial charge in [0.05, 0.1) is 10.6 Å². The van der Waals surface area contributed by atoms with Gasteiger partial charge in [0.25, 0.3) is 10.0 Å². The molecule has 0 saturated heterocycles. The van der Waals surface area contributed by atoms with Gasteiger partial charge >= 0.3 is 0 Å². The largest absolute Gasteiger partial charge is 0.269 e. The molecule has 0 fully saturated rings. The Bertz CT molecular complexity index is 739. The number of hydrogen-bond donors (Lipinski definition) is 0. The standard InChI is InChI=1S/C16H18BrNO2S/c1-4-13-6-9-15(10-7-13)18(3)21(19,20)16-11-14(17)8-5-12(16)2/h5-11H,4H2,1-3H3. The quantitative estimate of drug-likeness (QED) is 0.813. The Morgan fingerprint density at radius 2 is 1.71 bits per heavy atom. The van der Waals surface area contributed by atoms with Crippen molar-refractivity contribution in [2.45, 2.75) is 25.2 Å². The number of aryl methyl sites for hydroxylation is 2. The maximum atomic E-state index is 12.8. The molecule has 0 aliphatic heterocycles. The fourth-order valence-corrected chi connectivity index (χ4v) is 4.04. The first-order valence-electron chi connectivity index (χ1n) is 6.70. The topological polar surface area (TPSA) is 37.4 Å². The number of nitrogens with zero attached hydrogens (tertiary/aromatic N) is 1. The molecule has 0 heterocycles. The van der Waals surface area contributed by atoms with Crippen LogP contribution < -0.4 is 4.31 Å². The summed E-state index contributed by atoms with van der Waals surface area (Å²) < 4.78 is 27.6. The Morgan fingerprint density at radius 3 is 2.29 bits per heavy atom. The smallest absolute Gasteiger partial charge is 0.264 e. The number of rotatable bonds is 4.